The molecule has 1 fully saturated rings. The molecule has 0 aliphatic carbocycles. The molecule has 3 nitrogen and oxygen atoms in total. The van der Waals surface area contributed by atoms with Crippen LogP contribution in [0.5, 0.6) is 0 Å². The standard InChI is InChI=1S/C10H11BrN2O/c1-6-2-3-7(11)4-9(6)13-5-8(12)10(13)14/h2-4,8H,5,12H2,1H3. The summed E-state index contributed by atoms with van der Waals surface area (Å²) in [4.78, 5) is 13.1. The van der Waals surface area contributed by atoms with Gasteiger partial charge in [0, 0.05) is 10.2 Å². The molecule has 1 aliphatic rings. The van der Waals surface area contributed by atoms with Crippen molar-refractivity contribution in [1.29, 1.82) is 0 Å². The van der Waals surface area contributed by atoms with Crippen molar-refractivity contribution in [2.24, 2.45) is 5.73 Å². The van der Waals surface area contributed by atoms with Crippen LogP contribution in [-0.4, -0.2) is 18.5 Å². The van der Waals surface area contributed by atoms with E-state index in [0.717, 1.165) is 15.7 Å². The molecule has 74 valence electrons. The van der Waals surface area contributed by atoms with Crippen LogP contribution in [0.4, 0.5) is 5.69 Å². The number of amides is 1. The summed E-state index contributed by atoms with van der Waals surface area (Å²) in [7, 11) is 0. The topological polar surface area (TPSA) is 46.3 Å². The fourth-order valence-electron chi connectivity index (χ4n) is 1.54. The molecule has 1 aliphatic heterocycles. The molecule has 0 spiro atoms. The predicted octanol–water partition coefficient (Wildman–Crippen LogP) is 1.43. The van der Waals surface area contributed by atoms with Crippen molar-refractivity contribution in [3.8, 4) is 0 Å². The average molecular weight is 255 g/mol. The van der Waals surface area contributed by atoms with Crippen molar-refractivity contribution in [2.75, 3.05) is 11.4 Å². The number of aryl methyl sites for hydroxylation is 1. The number of carbonyl (C=O) groups is 1. The molecule has 1 heterocycles. The summed E-state index contributed by atoms with van der Waals surface area (Å²) in [5.41, 5.74) is 7.58. The van der Waals surface area contributed by atoms with Gasteiger partial charge in [-0.3, -0.25) is 4.79 Å². The van der Waals surface area contributed by atoms with Gasteiger partial charge in [-0.05, 0) is 24.6 Å². The Hall–Kier alpha value is -0.870. The summed E-state index contributed by atoms with van der Waals surface area (Å²) in [6, 6.07) is 5.58. The van der Waals surface area contributed by atoms with Crippen molar-refractivity contribution >= 4 is 27.5 Å². The molecule has 4 heteroatoms. The van der Waals surface area contributed by atoms with Crippen LogP contribution in [-0.2, 0) is 4.79 Å². The number of anilines is 1. The number of rotatable bonds is 1. The van der Waals surface area contributed by atoms with Crippen LogP contribution >= 0.6 is 15.9 Å². The van der Waals surface area contributed by atoms with Gasteiger partial charge in [0.25, 0.3) is 0 Å². The van der Waals surface area contributed by atoms with Crippen LogP contribution in [0, 0.1) is 6.92 Å². The quantitative estimate of drug-likeness (QED) is 0.771. The van der Waals surface area contributed by atoms with Crippen molar-refractivity contribution in [1.82, 2.24) is 0 Å². The van der Waals surface area contributed by atoms with E-state index in [1.165, 1.54) is 0 Å². The summed E-state index contributed by atoms with van der Waals surface area (Å²) in [6.45, 7) is 2.61. The predicted molar refractivity (Wildman–Crippen MR) is 59.2 cm³/mol. The highest BCUT2D eigenvalue weighted by atomic mass is 79.9. The minimum absolute atomic E-state index is 0.00574. The molecule has 1 unspecified atom stereocenters. The number of hydrogen-bond donors (Lipinski definition) is 1. The van der Waals surface area contributed by atoms with Gasteiger partial charge in [0.05, 0.1) is 6.54 Å². The van der Waals surface area contributed by atoms with E-state index in [4.69, 9.17) is 5.73 Å². The normalized spacial score (nSPS) is 20.9. The Kier molecular flexibility index (Phi) is 2.33. The van der Waals surface area contributed by atoms with Gasteiger partial charge in [-0.15, -0.1) is 0 Å². The summed E-state index contributed by atoms with van der Waals surface area (Å²) >= 11 is 3.38. The Bertz CT molecular complexity index is 392. The number of benzene rings is 1. The Morgan fingerprint density at radius 2 is 2.29 bits per heavy atom. The fraction of sp³-hybridized carbons (Fsp3) is 0.300. The molecule has 0 bridgehead atoms. The SMILES string of the molecule is Cc1ccc(Br)cc1N1CC(N)C1=O. The summed E-state index contributed by atoms with van der Waals surface area (Å²) < 4.78 is 0.978. The monoisotopic (exact) mass is 254 g/mol. The summed E-state index contributed by atoms with van der Waals surface area (Å²) in [5, 5.41) is 0. The molecule has 2 rings (SSSR count). The third-order valence-electron chi connectivity index (χ3n) is 2.42. The molecule has 1 atom stereocenters. The molecular formula is C10H11BrN2O. The minimum atomic E-state index is -0.312. The van der Waals surface area contributed by atoms with Crippen LogP contribution in [0.1, 0.15) is 5.56 Å². The molecule has 1 saturated heterocycles. The molecule has 1 aromatic carbocycles. The highest BCUT2D eigenvalue weighted by Crippen LogP contribution is 2.28. The number of nitrogens with zero attached hydrogens (tertiary/aromatic N) is 1. The smallest absolute Gasteiger partial charge is 0.245 e. The second kappa shape index (κ2) is 3.37. The Morgan fingerprint density at radius 3 is 2.86 bits per heavy atom. The lowest BCUT2D eigenvalue weighted by Gasteiger charge is -2.37. The van der Waals surface area contributed by atoms with Crippen LogP contribution in [0.15, 0.2) is 22.7 Å². The number of hydrogen-bond acceptors (Lipinski definition) is 2. The van der Waals surface area contributed by atoms with Gasteiger partial charge in [-0.25, -0.2) is 0 Å². The maximum Gasteiger partial charge on any atom is 0.245 e. The molecule has 0 aromatic heterocycles. The minimum Gasteiger partial charge on any atom is -0.318 e. The third kappa shape index (κ3) is 1.44. The van der Waals surface area contributed by atoms with E-state index in [1.54, 1.807) is 4.90 Å². The zero-order valence-corrected chi connectivity index (χ0v) is 9.41. The van der Waals surface area contributed by atoms with E-state index >= 15 is 0 Å². The van der Waals surface area contributed by atoms with Crippen LogP contribution in [0.2, 0.25) is 0 Å². The van der Waals surface area contributed by atoms with E-state index in [0.29, 0.717) is 6.54 Å². The van der Waals surface area contributed by atoms with Gasteiger partial charge in [-0.1, -0.05) is 22.0 Å². The van der Waals surface area contributed by atoms with Gasteiger partial charge < -0.3 is 10.6 Å². The fourth-order valence-corrected chi connectivity index (χ4v) is 1.89. The third-order valence-corrected chi connectivity index (χ3v) is 2.92. The highest BCUT2D eigenvalue weighted by molar-refractivity contribution is 9.10. The highest BCUT2D eigenvalue weighted by Gasteiger charge is 2.35. The maximum atomic E-state index is 11.4. The lowest BCUT2D eigenvalue weighted by molar-refractivity contribution is -0.123. The van der Waals surface area contributed by atoms with Crippen molar-refractivity contribution in [3.63, 3.8) is 0 Å². The van der Waals surface area contributed by atoms with E-state index in [2.05, 4.69) is 15.9 Å². The van der Waals surface area contributed by atoms with Crippen molar-refractivity contribution in [2.45, 2.75) is 13.0 Å². The Labute approximate surface area is 91.0 Å². The first-order valence-electron chi connectivity index (χ1n) is 4.42. The maximum absolute atomic E-state index is 11.4. The van der Waals surface area contributed by atoms with Gasteiger partial charge >= 0.3 is 0 Å². The van der Waals surface area contributed by atoms with Crippen molar-refractivity contribution < 1.29 is 4.79 Å². The van der Waals surface area contributed by atoms with Crippen molar-refractivity contribution in [3.05, 3.63) is 28.2 Å². The number of halogens is 1. The molecule has 0 radical (unpaired) electrons. The molecule has 14 heavy (non-hydrogen) atoms. The first kappa shape index (κ1) is 9.68. The van der Waals surface area contributed by atoms with Gasteiger partial charge in [0.1, 0.15) is 6.04 Å². The first-order valence-corrected chi connectivity index (χ1v) is 5.22. The van der Waals surface area contributed by atoms with Gasteiger partial charge in [0.15, 0.2) is 0 Å². The number of β-lactam (4-membered cyclic amide) rings is 1. The first-order chi connectivity index (χ1) is 6.59. The Balaban J connectivity index is 2.33. The van der Waals surface area contributed by atoms with Gasteiger partial charge in [-0.2, -0.15) is 0 Å². The van der Waals surface area contributed by atoms with Crippen LogP contribution in [0.3, 0.4) is 0 Å². The molecule has 1 amide bonds. The van der Waals surface area contributed by atoms with E-state index in [9.17, 15) is 4.79 Å². The average Bonchev–Trinajstić information content (AvgIpc) is 2.18. The van der Waals surface area contributed by atoms with E-state index in [-0.39, 0.29) is 11.9 Å². The van der Waals surface area contributed by atoms with Crippen LogP contribution < -0.4 is 10.6 Å². The molecular weight excluding hydrogens is 244 g/mol. The zero-order valence-electron chi connectivity index (χ0n) is 7.83. The number of nitrogens with two attached hydrogens (primary N) is 1. The second-order valence-corrected chi connectivity index (χ2v) is 4.40. The summed E-state index contributed by atoms with van der Waals surface area (Å²) in [5.74, 6) is 0.00574. The number of carbonyl (C=O) groups excluding carboxylic acids is 1. The largest absolute Gasteiger partial charge is 0.318 e. The summed E-state index contributed by atoms with van der Waals surface area (Å²) in [6.07, 6.45) is 0. The lowest BCUT2D eigenvalue weighted by Crippen LogP contribution is -2.61. The molecule has 0 saturated carbocycles. The second-order valence-electron chi connectivity index (χ2n) is 3.49. The Morgan fingerprint density at radius 1 is 1.57 bits per heavy atom. The van der Waals surface area contributed by atoms with Gasteiger partial charge in [0.2, 0.25) is 5.91 Å². The van der Waals surface area contributed by atoms with Crippen LogP contribution in [0.25, 0.3) is 0 Å². The lowest BCUT2D eigenvalue weighted by atomic mass is 10.1. The van der Waals surface area contributed by atoms with E-state index in [1.807, 2.05) is 25.1 Å². The zero-order chi connectivity index (χ0) is 10.3. The molecule has 1 aromatic rings. The molecule has 2 N–H and O–H groups in total. The van der Waals surface area contributed by atoms with E-state index < -0.39 is 0 Å².